The molecule has 2 aromatic rings. The molecule has 0 fully saturated rings. The Hall–Kier alpha value is -2.12. The number of carbonyl (C=O) groups is 1. The Balaban J connectivity index is 2.72. The highest BCUT2D eigenvalue weighted by Crippen LogP contribution is 2.34. The number of hydrogen-bond donors (Lipinski definition) is 2. The Labute approximate surface area is 138 Å². The summed E-state index contributed by atoms with van der Waals surface area (Å²) < 4.78 is 22.8. The van der Waals surface area contributed by atoms with Crippen LogP contribution in [0.3, 0.4) is 0 Å². The van der Waals surface area contributed by atoms with Crippen molar-refractivity contribution < 1.29 is 13.6 Å². The van der Waals surface area contributed by atoms with Gasteiger partial charge in [0.25, 0.3) is 11.3 Å². The van der Waals surface area contributed by atoms with Gasteiger partial charge in [0.2, 0.25) is 5.91 Å². The molecular weight excluding hydrogens is 314 g/mol. The minimum Gasteiger partial charge on any atom is -0.377 e. The second kappa shape index (κ2) is 6.97. The zero-order valence-electron chi connectivity index (χ0n) is 13.4. The molecular formula is C16H21N3O3S. The van der Waals surface area contributed by atoms with E-state index < -0.39 is 23.2 Å². The smallest absolute Gasteiger partial charge is 0.262 e. The third kappa shape index (κ3) is 3.30. The van der Waals surface area contributed by atoms with E-state index in [1.165, 1.54) is 4.31 Å². The summed E-state index contributed by atoms with van der Waals surface area (Å²) in [5, 5.41) is 1.73. The number of benzene rings is 2. The summed E-state index contributed by atoms with van der Waals surface area (Å²) in [7, 11) is 3.86. The molecule has 2 aromatic carbocycles. The lowest BCUT2D eigenvalue weighted by molar-refractivity contribution is -0.119. The van der Waals surface area contributed by atoms with E-state index in [1.807, 2.05) is 43.3 Å². The number of hydrogen-bond acceptors (Lipinski definition) is 3. The summed E-state index contributed by atoms with van der Waals surface area (Å²) >= 11 is -2.36. The Bertz CT molecular complexity index is 748. The van der Waals surface area contributed by atoms with Gasteiger partial charge in [-0.15, -0.1) is 0 Å². The van der Waals surface area contributed by atoms with Crippen molar-refractivity contribution in [3.05, 3.63) is 36.4 Å². The van der Waals surface area contributed by atoms with Crippen molar-refractivity contribution in [1.29, 1.82) is 0 Å². The quantitative estimate of drug-likeness (QED) is 0.792. The molecule has 0 spiro atoms. The molecule has 2 rings (SSSR count). The van der Waals surface area contributed by atoms with Crippen LogP contribution < -0.4 is 14.9 Å². The average Bonchev–Trinajstić information content (AvgIpc) is 2.50. The molecule has 2 atom stereocenters. The first-order valence-electron chi connectivity index (χ1n) is 7.27. The van der Waals surface area contributed by atoms with Gasteiger partial charge in [-0.05, 0) is 18.6 Å². The Kier molecular flexibility index (Phi) is 5.23. The molecule has 0 aliphatic heterocycles. The first-order valence-corrected chi connectivity index (χ1v) is 8.33. The van der Waals surface area contributed by atoms with Gasteiger partial charge in [0, 0.05) is 30.6 Å². The fourth-order valence-electron chi connectivity index (χ4n) is 2.70. The Morgan fingerprint density at radius 1 is 1.17 bits per heavy atom. The lowest BCUT2D eigenvalue weighted by Crippen LogP contribution is -2.45. The maximum atomic E-state index is 11.9. The van der Waals surface area contributed by atoms with Crippen LogP contribution in [0.1, 0.15) is 13.3 Å². The van der Waals surface area contributed by atoms with Gasteiger partial charge in [0.15, 0.2) is 0 Å². The van der Waals surface area contributed by atoms with Gasteiger partial charge in [-0.3, -0.25) is 13.7 Å². The van der Waals surface area contributed by atoms with E-state index in [9.17, 15) is 13.6 Å². The average molecular weight is 335 g/mol. The van der Waals surface area contributed by atoms with Crippen molar-refractivity contribution in [3.8, 4) is 0 Å². The molecule has 124 valence electrons. The van der Waals surface area contributed by atoms with E-state index in [-0.39, 0.29) is 0 Å². The van der Waals surface area contributed by atoms with Crippen molar-refractivity contribution in [1.82, 2.24) is 0 Å². The standard InChI is InChI=1S/C16H21N3O3S/c1-4-13(16(17)20)19(23(21)22)15-10-6-7-11-12(15)8-5-9-14(11)18(2)3/h5-10,13H,4H2,1-3H3,(H2,17,20)(H,21,22). The van der Waals surface area contributed by atoms with Crippen LogP contribution in [-0.2, 0) is 16.1 Å². The summed E-state index contributed by atoms with van der Waals surface area (Å²) in [5.74, 6) is -0.629. The van der Waals surface area contributed by atoms with Crippen LogP contribution in [0.2, 0.25) is 0 Å². The van der Waals surface area contributed by atoms with Crippen LogP contribution in [-0.4, -0.2) is 34.8 Å². The van der Waals surface area contributed by atoms with Gasteiger partial charge < -0.3 is 10.6 Å². The largest absolute Gasteiger partial charge is 0.377 e. The third-order valence-corrected chi connectivity index (χ3v) is 4.55. The molecule has 2 unspecified atom stereocenters. The molecule has 0 aromatic heterocycles. The van der Waals surface area contributed by atoms with E-state index in [0.29, 0.717) is 12.1 Å². The van der Waals surface area contributed by atoms with Gasteiger partial charge in [-0.25, -0.2) is 4.21 Å². The maximum Gasteiger partial charge on any atom is 0.262 e. The lowest BCUT2D eigenvalue weighted by atomic mass is 10.1. The van der Waals surface area contributed by atoms with Crippen molar-refractivity contribution in [2.45, 2.75) is 19.4 Å². The predicted molar refractivity (Wildman–Crippen MR) is 94.8 cm³/mol. The Morgan fingerprint density at radius 2 is 1.70 bits per heavy atom. The van der Waals surface area contributed by atoms with E-state index >= 15 is 0 Å². The molecule has 0 saturated heterocycles. The number of amides is 1. The second-order valence-electron chi connectivity index (χ2n) is 5.43. The minimum atomic E-state index is -2.36. The van der Waals surface area contributed by atoms with Crippen molar-refractivity contribution in [2.75, 3.05) is 23.3 Å². The molecule has 6 nitrogen and oxygen atoms in total. The van der Waals surface area contributed by atoms with E-state index in [1.54, 1.807) is 19.1 Å². The summed E-state index contributed by atoms with van der Waals surface area (Å²) in [6, 6.07) is 10.3. The summed E-state index contributed by atoms with van der Waals surface area (Å²) in [5.41, 5.74) is 6.91. The van der Waals surface area contributed by atoms with Gasteiger partial charge in [-0.1, -0.05) is 31.2 Å². The Morgan fingerprint density at radius 3 is 2.13 bits per heavy atom. The minimum absolute atomic E-state index is 0.339. The summed E-state index contributed by atoms with van der Waals surface area (Å²) in [6.45, 7) is 1.76. The molecule has 0 aliphatic carbocycles. The normalized spacial score (nSPS) is 13.6. The number of rotatable bonds is 6. The number of carbonyl (C=O) groups excluding carboxylic acids is 1. The first kappa shape index (κ1) is 17.2. The predicted octanol–water partition coefficient (Wildman–Crippen LogP) is 2.11. The van der Waals surface area contributed by atoms with Gasteiger partial charge in [0.1, 0.15) is 6.04 Å². The first-order chi connectivity index (χ1) is 10.9. The molecule has 0 heterocycles. The third-order valence-electron chi connectivity index (χ3n) is 3.76. The number of fused-ring (bicyclic) bond motifs is 1. The highest BCUT2D eigenvalue weighted by Gasteiger charge is 2.28. The number of nitrogens with two attached hydrogens (primary N) is 1. The second-order valence-corrected chi connectivity index (χ2v) is 6.28. The number of nitrogens with zero attached hydrogens (tertiary/aromatic N) is 2. The molecule has 0 aliphatic rings. The molecule has 1 amide bonds. The highest BCUT2D eigenvalue weighted by molar-refractivity contribution is 7.80. The monoisotopic (exact) mass is 335 g/mol. The van der Waals surface area contributed by atoms with Gasteiger partial charge in [-0.2, -0.15) is 0 Å². The summed E-state index contributed by atoms with van der Waals surface area (Å²) in [6.07, 6.45) is 0.339. The molecule has 0 bridgehead atoms. The number of anilines is 2. The van der Waals surface area contributed by atoms with Crippen LogP contribution in [0.25, 0.3) is 10.8 Å². The van der Waals surface area contributed by atoms with Crippen LogP contribution in [0, 0.1) is 0 Å². The zero-order chi connectivity index (χ0) is 17.1. The van der Waals surface area contributed by atoms with Crippen LogP contribution in [0.5, 0.6) is 0 Å². The fourth-order valence-corrected chi connectivity index (χ4v) is 3.50. The van der Waals surface area contributed by atoms with E-state index in [2.05, 4.69) is 0 Å². The van der Waals surface area contributed by atoms with Crippen LogP contribution in [0.4, 0.5) is 11.4 Å². The van der Waals surface area contributed by atoms with Crippen LogP contribution in [0.15, 0.2) is 36.4 Å². The molecule has 7 heteroatoms. The number of primary amides is 1. The van der Waals surface area contributed by atoms with Crippen molar-refractivity contribution in [3.63, 3.8) is 0 Å². The van der Waals surface area contributed by atoms with Gasteiger partial charge in [0.05, 0.1) is 5.69 Å². The van der Waals surface area contributed by atoms with E-state index in [4.69, 9.17) is 5.73 Å². The fraction of sp³-hybridized carbons (Fsp3) is 0.312. The molecule has 3 N–H and O–H groups in total. The molecule has 0 saturated carbocycles. The van der Waals surface area contributed by atoms with E-state index in [0.717, 1.165) is 16.5 Å². The molecule has 0 radical (unpaired) electrons. The molecule has 23 heavy (non-hydrogen) atoms. The van der Waals surface area contributed by atoms with Crippen molar-refractivity contribution >= 4 is 39.3 Å². The van der Waals surface area contributed by atoms with Crippen LogP contribution >= 0.6 is 0 Å². The maximum absolute atomic E-state index is 11.9. The SMILES string of the molecule is CCC(C(N)=O)N(c1cccc2c(N(C)C)cccc12)S(=O)O. The van der Waals surface area contributed by atoms with Crippen molar-refractivity contribution in [2.24, 2.45) is 5.73 Å². The lowest BCUT2D eigenvalue weighted by Gasteiger charge is -2.28. The summed E-state index contributed by atoms with van der Waals surface area (Å²) in [4.78, 5) is 13.7. The highest BCUT2D eigenvalue weighted by atomic mass is 32.2. The van der Waals surface area contributed by atoms with Gasteiger partial charge >= 0.3 is 0 Å². The zero-order valence-corrected chi connectivity index (χ0v) is 14.2. The topological polar surface area (TPSA) is 86.9 Å².